The van der Waals surface area contributed by atoms with E-state index in [0.717, 1.165) is 24.1 Å². The van der Waals surface area contributed by atoms with Gasteiger partial charge in [-0.2, -0.15) is 0 Å². The van der Waals surface area contributed by atoms with E-state index in [2.05, 4.69) is 10.6 Å². The summed E-state index contributed by atoms with van der Waals surface area (Å²) in [5.74, 6) is -2.52. The molecule has 0 spiro atoms. The van der Waals surface area contributed by atoms with E-state index in [0.29, 0.717) is 34.4 Å². The van der Waals surface area contributed by atoms with Crippen LogP contribution in [0, 0.1) is 5.92 Å². The molecule has 3 amide bonds. The minimum atomic E-state index is -1.43. The van der Waals surface area contributed by atoms with Crippen molar-refractivity contribution in [2.24, 2.45) is 5.92 Å². The molecule has 3 aromatic heterocycles. The molecule has 0 bridgehead atoms. The molecule has 1 saturated carbocycles. The molecule has 258 valence electrons. The molecule has 13 heteroatoms. The summed E-state index contributed by atoms with van der Waals surface area (Å²) in [6, 6.07) is 13.0. The van der Waals surface area contributed by atoms with Gasteiger partial charge in [0.25, 0.3) is 5.91 Å². The van der Waals surface area contributed by atoms with Crippen LogP contribution in [0.2, 0.25) is 0 Å². The third kappa shape index (κ3) is 7.19. The predicted molar refractivity (Wildman–Crippen MR) is 192 cm³/mol. The number of amides is 3. The Morgan fingerprint density at radius 1 is 1.00 bits per heavy atom. The minimum absolute atomic E-state index is 0.0360. The highest BCUT2D eigenvalue weighted by Gasteiger charge is 2.61. The van der Waals surface area contributed by atoms with Gasteiger partial charge in [0.05, 0.1) is 22.5 Å². The molecule has 7 rings (SSSR count). The Morgan fingerprint density at radius 2 is 1.80 bits per heavy atom. The zero-order valence-electron chi connectivity index (χ0n) is 27.2. The van der Waals surface area contributed by atoms with E-state index in [4.69, 9.17) is 14.7 Å². The molecule has 4 aromatic rings. The predicted octanol–water partition coefficient (Wildman–Crippen LogP) is 5.55. The summed E-state index contributed by atoms with van der Waals surface area (Å²) in [5.41, 5.74) is 0.383. The van der Waals surface area contributed by atoms with Gasteiger partial charge < -0.3 is 25.4 Å². The highest BCUT2D eigenvalue weighted by molar-refractivity contribution is 7.12. The van der Waals surface area contributed by atoms with Crippen molar-refractivity contribution < 1.29 is 29.0 Å². The second kappa shape index (κ2) is 14.5. The van der Waals surface area contributed by atoms with Crippen molar-refractivity contribution in [3.63, 3.8) is 0 Å². The Kier molecular flexibility index (Phi) is 9.77. The lowest BCUT2D eigenvalue weighted by atomic mass is 10.0. The highest BCUT2D eigenvalue weighted by Crippen LogP contribution is 2.45. The summed E-state index contributed by atoms with van der Waals surface area (Å²) in [4.78, 5) is 66.6. The van der Waals surface area contributed by atoms with Crippen LogP contribution in [0.4, 0.5) is 0 Å². The van der Waals surface area contributed by atoms with E-state index in [1.807, 2.05) is 66.1 Å². The van der Waals surface area contributed by atoms with Crippen molar-refractivity contribution in [1.29, 1.82) is 0 Å². The highest BCUT2D eigenvalue weighted by atomic mass is 32.1. The van der Waals surface area contributed by atoms with Crippen LogP contribution in [0.3, 0.4) is 0 Å². The molecule has 50 heavy (non-hydrogen) atoms. The maximum atomic E-state index is 14.4. The number of aliphatic carboxylic acids is 1. The standard InChI is InChI=1S/C37H37N5O6S2/c43-32-30-20-24(48-34-28(17-16-25-11-8-18-49-25)38-26-12-6-7-13-27(26)40-34)22-42(30)35(45)29(39-33(44)31-15-9-19-50-31)14-5-3-1-2-4-10-23-21-37(23,41-32)36(46)47/h4,6-13,15-19,23-24,29-30H,1-3,5,14,20-22H2,(H,39,44)(H,41,43)(H,46,47)/b10-4-,17-16-/t23-,24?,29+,30+,37-/m1/s1. The SMILES string of the molecule is O=C(N[C@H]1CCCCC/C=C\[C@@H]2C[C@@]2(C(=O)O)NC(=O)[C@@H]2CC(Oc3nc4ccccc4nc3/C=C\c3cccs3)CN2C1=O)c1cccs1. The number of benzene rings is 1. The van der Waals surface area contributed by atoms with Gasteiger partial charge in [0, 0.05) is 17.2 Å². The molecule has 1 aliphatic carbocycles. The second-order valence-corrected chi connectivity index (χ2v) is 14.8. The minimum Gasteiger partial charge on any atom is -0.479 e. The molecule has 11 nitrogen and oxygen atoms in total. The zero-order chi connectivity index (χ0) is 34.7. The first-order valence-corrected chi connectivity index (χ1v) is 18.6. The summed E-state index contributed by atoms with van der Waals surface area (Å²) in [7, 11) is 0. The molecule has 3 N–H and O–H groups in total. The molecule has 5 heterocycles. The van der Waals surface area contributed by atoms with Crippen LogP contribution >= 0.6 is 22.7 Å². The van der Waals surface area contributed by atoms with Gasteiger partial charge in [-0.15, -0.1) is 22.7 Å². The number of carboxylic acid groups (broad SMARTS) is 1. The fraction of sp³-hybridized carbons (Fsp3) is 0.351. The summed E-state index contributed by atoms with van der Waals surface area (Å²) >= 11 is 2.86. The monoisotopic (exact) mass is 711 g/mol. The summed E-state index contributed by atoms with van der Waals surface area (Å²) in [6.45, 7) is 0.0360. The Hall–Kier alpha value is -4.88. The fourth-order valence-corrected chi connectivity index (χ4v) is 7.93. The zero-order valence-corrected chi connectivity index (χ0v) is 28.8. The molecule has 1 saturated heterocycles. The number of aromatic nitrogens is 2. The van der Waals surface area contributed by atoms with E-state index in [-0.39, 0.29) is 37.1 Å². The Balaban J connectivity index is 1.20. The Labute approximate surface area is 297 Å². The summed E-state index contributed by atoms with van der Waals surface area (Å²) < 4.78 is 6.50. The number of hydrogen-bond acceptors (Lipinski definition) is 9. The normalized spacial score (nSPS) is 26.4. The van der Waals surface area contributed by atoms with Gasteiger partial charge in [-0.05, 0) is 72.9 Å². The van der Waals surface area contributed by atoms with Gasteiger partial charge in [-0.3, -0.25) is 14.4 Å². The Morgan fingerprint density at radius 3 is 2.56 bits per heavy atom. The Bertz CT molecular complexity index is 1940. The van der Waals surface area contributed by atoms with E-state index < -0.39 is 41.5 Å². The second-order valence-electron chi connectivity index (χ2n) is 12.9. The number of carbonyl (C=O) groups is 4. The van der Waals surface area contributed by atoms with Crippen LogP contribution in [-0.4, -0.2) is 73.9 Å². The van der Waals surface area contributed by atoms with E-state index in [9.17, 15) is 24.3 Å². The van der Waals surface area contributed by atoms with Crippen molar-refractivity contribution in [3.8, 4) is 5.88 Å². The molecule has 2 fully saturated rings. The number of thiophene rings is 2. The number of ether oxygens (including phenoxy) is 1. The number of para-hydroxylation sites is 2. The van der Waals surface area contributed by atoms with Crippen molar-refractivity contribution >= 4 is 69.5 Å². The number of nitrogens with one attached hydrogen (secondary N) is 2. The van der Waals surface area contributed by atoms with Gasteiger partial charge in [-0.1, -0.05) is 49.3 Å². The number of allylic oxidation sites excluding steroid dienone is 1. The smallest absolute Gasteiger partial charge is 0.330 e. The van der Waals surface area contributed by atoms with E-state index in [1.165, 1.54) is 16.2 Å². The van der Waals surface area contributed by atoms with Gasteiger partial charge in [0.1, 0.15) is 29.4 Å². The number of carbonyl (C=O) groups excluding carboxylic acids is 3. The molecule has 0 radical (unpaired) electrons. The molecule has 1 aromatic carbocycles. The third-order valence-corrected chi connectivity index (χ3v) is 11.2. The van der Waals surface area contributed by atoms with Crippen molar-refractivity contribution in [1.82, 2.24) is 25.5 Å². The van der Waals surface area contributed by atoms with Crippen LogP contribution in [0.25, 0.3) is 23.2 Å². The van der Waals surface area contributed by atoms with Crippen molar-refractivity contribution in [2.75, 3.05) is 6.54 Å². The number of carboxylic acids is 1. The van der Waals surface area contributed by atoms with E-state index >= 15 is 0 Å². The summed E-state index contributed by atoms with van der Waals surface area (Å²) in [6.07, 6.45) is 10.9. The molecule has 5 atom stereocenters. The quantitative estimate of drug-likeness (QED) is 0.211. The lowest BCUT2D eigenvalue weighted by molar-refractivity contribution is -0.145. The topological polar surface area (TPSA) is 151 Å². The van der Waals surface area contributed by atoms with Gasteiger partial charge in [-0.25, -0.2) is 14.8 Å². The van der Waals surface area contributed by atoms with Crippen molar-refractivity contribution in [3.05, 3.63) is 86.9 Å². The number of rotatable bonds is 7. The lowest BCUT2D eigenvalue weighted by Crippen LogP contribution is -2.56. The van der Waals surface area contributed by atoms with Gasteiger partial charge in [0.2, 0.25) is 17.7 Å². The summed E-state index contributed by atoms with van der Waals surface area (Å²) in [5, 5.41) is 19.7. The molecule has 1 unspecified atom stereocenters. The first kappa shape index (κ1) is 33.6. The van der Waals surface area contributed by atoms with Gasteiger partial charge in [0.15, 0.2) is 0 Å². The maximum absolute atomic E-state index is 14.4. The van der Waals surface area contributed by atoms with Gasteiger partial charge >= 0.3 is 5.97 Å². The van der Waals surface area contributed by atoms with Crippen LogP contribution in [0.15, 0.2) is 71.4 Å². The van der Waals surface area contributed by atoms with Crippen LogP contribution < -0.4 is 15.4 Å². The number of fused-ring (bicyclic) bond motifs is 3. The molecular formula is C37H37N5O6S2. The molecule has 3 aliphatic rings. The van der Waals surface area contributed by atoms with E-state index in [1.54, 1.807) is 28.8 Å². The number of hydrogen-bond donors (Lipinski definition) is 3. The lowest BCUT2D eigenvalue weighted by Gasteiger charge is -2.29. The molecule has 2 aliphatic heterocycles. The largest absolute Gasteiger partial charge is 0.479 e. The third-order valence-electron chi connectivity index (χ3n) is 9.46. The average Bonchev–Trinajstić information content (AvgIpc) is 3.62. The molecular weight excluding hydrogens is 675 g/mol. The average molecular weight is 712 g/mol. The first-order chi connectivity index (χ1) is 24.3. The maximum Gasteiger partial charge on any atom is 0.330 e. The fourth-order valence-electron chi connectivity index (χ4n) is 6.68. The van der Waals surface area contributed by atoms with Crippen LogP contribution in [0.1, 0.15) is 65.2 Å². The van der Waals surface area contributed by atoms with Crippen LogP contribution in [0.5, 0.6) is 5.88 Å². The van der Waals surface area contributed by atoms with Crippen molar-refractivity contribution in [2.45, 2.75) is 68.7 Å². The first-order valence-electron chi connectivity index (χ1n) is 16.8. The van der Waals surface area contributed by atoms with Crippen LogP contribution in [-0.2, 0) is 14.4 Å². The number of nitrogens with zero attached hydrogens (tertiary/aromatic N) is 3.